The molecule has 0 saturated carbocycles. The first kappa shape index (κ1) is 15.7. The molecule has 2 aromatic carbocycles. The van der Waals surface area contributed by atoms with Crippen LogP contribution >= 0.6 is 0 Å². The van der Waals surface area contributed by atoms with Gasteiger partial charge in [-0.2, -0.15) is 0 Å². The zero-order chi connectivity index (χ0) is 16.3. The van der Waals surface area contributed by atoms with E-state index in [9.17, 15) is 13.5 Å². The van der Waals surface area contributed by atoms with Gasteiger partial charge in [0.25, 0.3) is 10.0 Å². The quantitative estimate of drug-likeness (QED) is 0.726. The summed E-state index contributed by atoms with van der Waals surface area (Å²) in [5.41, 5.74) is 1.45. The SMILES string of the molecule is O=S(=O)(N[C@@H](CO)Cc1ccccc1)c1cc2ccccc2o1. The molecule has 0 unspecified atom stereocenters. The zero-order valence-electron chi connectivity index (χ0n) is 12.3. The van der Waals surface area contributed by atoms with Crippen molar-refractivity contribution in [2.24, 2.45) is 0 Å². The Balaban J connectivity index is 1.81. The molecule has 0 aliphatic rings. The van der Waals surface area contributed by atoms with E-state index in [0.717, 1.165) is 10.9 Å². The Morgan fingerprint density at radius 3 is 2.43 bits per heavy atom. The van der Waals surface area contributed by atoms with Gasteiger partial charge in [0.05, 0.1) is 6.61 Å². The monoisotopic (exact) mass is 331 g/mol. The highest BCUT2D eigenvalue weighted by Gasteiger charge is 2.23. The number of nitrogens with one attached hydrogen (secondary N) is 1. The Morgan fingerprint density at radius 1 is 1.04 bits per heavy atom. The molecule has 0 spiro atoms. The van der Waals surface area contributed by atoms with Crippen LogP contribution in [0.3, 0.4) is 0 Å². The van der Waals surface area contributed by atoms with Crippen LogP contribution in [0.25, 0.3) is 11.0 Å². The van der Waals surface area contributed by atoms with Crippen LogP contribution in [0.2, 0.25) is 0 Å². The average molecular weight is 331 g/mol. The van der Waals surface area contributed by atoms with Crippen LogP contribution in [0.15, 0.2) is 70.2 Å². The van der Waals surface area contributed by atoms with E-state index in [4.69, 9.17) is 4.42 Å². The average Bonchev–Trinajstić information content (AvgIpc) is 3.00. The van der Waals surface area contributed by atoms with Crippen LogP contribution in [0.1, 0.15) is 5.56 Å². The zero-order valence-corrected chi connectivity index (χ0v) is 13.2. The van der Waals surface area contributed by atoms with Gasteiger partial charge in [-0.1, -0.05) is 48.5 Å². The second-order valence-electron chi connectivity index (χ2n) is 5.29. The third-order valence-electron chi connectivity index (χ3n) is 3.53. The van der Waals surface area contributed by atoms with Gasteiger partial charge in [0, 0.05) is 17.5 Å². The first-order valence-electron chi connectivity index (χ1n) is 7.24. The van der Waals surface area contributed by atoms with E-state index in [0.29, 0.717) is 12.0 Å². The highest BCUT2D eigenvalue weighted by Crippen LogP contribution is 2.22. The van der Waals surface area contributed by atoms with Gasteiger partial charge in [0.1, 0.15) is 5.58 Å². The Labute approximate surface area is 134 Å². The van der Waals surface area contributed by atoms with Crippen LogP contribution in [0.5, 0.6) is 0 Å². The molecule has 0 radical (unpaired) electrons. The predicted octanol–water partition coefficient (Wildman–Crippen LogP) is 2.31. The normalized spacial score (nSPS) is 13.3. The molecule has 1 heterocycles. The fourth-order valence-corrected chi connectivity index (χ4v) is 3.60. The number of aliphatic hydroxyl groups excluding tert-OH is 1. The summed E-state index contributed by atoms with van der Waals surface area (Å²) < 4.78 is 32.8. The van der Waals surface area contributed by atoms with E-state index in [-0.39, 0.29) is 11.7 Å². The van der Waals surface area contributed by atoms with Gasteiger partial charge in [0.15, 0.2) is 0 Å². The maximum atomic E-state index is 12.4. The highest BCUT2D eigenvalue weighted by atomic mass is 32.2. The standard InChI is InChI=1S/C17H17NO4S/c19-12-15(10-13-6-2-1-3-7-13)18-23(20,21)17-11-14-8-4-5-9-16(14)22-17/h1-9,11,15,18-19H,10,12H2/t15-/m1/s1. The molecule has 0 saturated heterocycles. The summed E-state index contributed by atoms with van der Waals surface area (Å²) in [6, 6.07) is 17.4. The Kier molecular flexibility index (Phi) is 4.47. The molecule has 0 fully saturated rings. The molecule has 120 valence electrons. The van der Waals surface area contributed by atoms with Crippen molar-refractivity contribution in [1.29, 1.82) is 0 Å². The van der Waals surface area contributed by atoms with Gasteiger partial charge < -0.3 is 9.52 Å². The first-order chi connectivity index (χ1) is 11.1. The molecular weight excluding hydrogens is 314 g/mol. The van der Waals surface area contributed by atoms with Crippen molar-refractivity contribution in [3.63, 3.8) is 0 Å². The van der Waals surface area contributed by atoms with E-state index >= 15 is 0 Å². The van der Waals surface area contributed by atoms with Crippen LogP contribution in [0, 0.1) is 0 Å². The third-order valence-corrected chi connectivity index (χ3v) is 4.91. The number of fused-ring (bicyclic) bond motifs is 1. The molecule has 0 amide bonds. The summed E-state index contributed by atoms with van der Waals surface area (Å²) in [7, 11) is -3.83. The molecule has 6 heteroatoms. The van der Waals surface area contributed by atoms with Crippen molar-refractivity contribution in [3.05, 3.63) is 66.2 Å². The molecule has 0 bridgehead atoms. The number of sulfonamides is 1. The summed E-state index contributed by atoms with van der Waals surface area (Å²) in [5.74, 6) is 0. The van der Waals surface area contributed by atoms with Crippen molar-refractivity contribution in [3.8, 4) is 0 Å². The molecule has 1 aromatic heterocycles. The lowest BCUT2D eigenvalue weighted by Gasteiger charge is -2.15. The van der Waals surface area contributed by atoms with Gasteiger partial charge in [-0.3, -0.25) is 0 Å². The number of para-hydroxylation sites is 1. The van der Waals surface area contributed by atoms with Gasteiger partial charge in [-0.15, -0.1) is 0 Å². The molecule has 3 aromatic rings. The molecule has 2 N–H and O–H groups in total. The lowest BCUT2D eigenvalue weighted by atomic mass is 10.1. The minimum Gasteiger partial charge on any atom is -0.443 e. The van der Waals surface area contributed by atoms with E-state index in [1.807, 2.05) is 36.4 Å². The first-order valence-corrected chi connectivity index (χ1v) is 8.72. The summed E-state index contributed by atoms with van der Waals surface area (Å²) in [6.45, 7) is -0.297. The lowest BCUT2D eigenvalue weighted by molar-refractivity contribution is 0.255. The summed E-state index contributed by atoms with van der Waals surface area (Å²) in [6.07, 6.45) is 0.400. The van der Waals surface area contributed by atoms with Gasteiger partial charge >= 0.3 is 0 Å². The number of rotatable bonds is 6. The maximum absolute atomic E-state index is 12.4. The van der Waals surface area contributed by atoms with Gasteiger partial charge in [0.2, 0.25) is 5.09 Å². The number of hydrogen-bond donors (Lipinski definition) is 2. The van der Waals surface area contributed by atoms with Gasteiger partial charge in [-0.25, -0.2) is 13.1 Å². The lowest BCUT2D eigenvalue weighted by Crippen LogP contribution is -2.38. The fraction of sp³-hybridized carbons (Fsp3) is 0.176. The van der Waals surface area contributed by atoms with E-state index in [1.54, 1.807) is 18.2 Å². The van der Waals surface area contributed by atoms with Crippen LogP contribution < -0.4 is 4.72 Å². The number of furan rings is 1. The van der Waals surface area contributed by atoms with Crippen LogP contribution in [-0.2, 0) is 16.4 Å². The fourth-order valence-electron chi connectivity index (χ4n) is 2.41. The summed E-state index contributed by atoms with van der Waals surface area (Å²) in [4.78, 5) is 0. The van der Waals surface area contributed by atoms with Crippen LogP contribution in [-0.4, -0.2) is 26.2 Å². The van der Waals surface area contributed by atoms with E-state index in [2.05, 4.69) is 4.72 Å². The molecule has 5 nitrogen and oxygen atoms in total. The number of benzene rings is 2. The third kappa shape index (κ3) is 3.61. The van der Waals surface area contributed by atoms with Crippen molar-refractivity contribution in [1.82, 2.24) is 4.72 Å². The summed E-state index contributed by atoms with van der Waals surface area (Å²) >= 11 is 0. The molecule has 0 aliphatic carbocycles. The number of hydrogen-bond acceptors (Lipinski definition) is 4. The Bertz CT molecular complexity index is 854. The molecule has 3 rings (SSSR count). The highest BCUT2D eigenvalue weighted by molar-refractivity contribution is 7.89. The van der Waals surface area contributed by atoms with Crippen molar-refractivity contribution in [2.75, 3.05) is 6.61 Å². The molecule has 1 atom stereocenters. The Hall–Kier alpha value is -2.15. The molecular formula is C17H17NO4S. The largest absolute Gasteiger partial charge is 0.443 e. The Morgan fingerprint density at radius 2 is 1.74 bits per heavy atom. The second kappa shape index (κ2) is 6.54. The second-order valence-corrected chi connectivity index (χ2v) is 6.94. The maximum Gasteiger partial charge on any atom is 0.274 e. The smallest absolute Gasteiger partial charge is 0.274 e. The van der Waals surface area contributed by atoms with E-state index < -0.39 is 16.1 Å². The van der Waals surface area contributed by atoms with Crippen molar-refractivity contribution >= 4 is 21.0 Å². The molecule has 0 aliphatic heterocycles. The van der Waals surface area contributed by atoms with Crippen LogP contribution in [0.4, 0.5) is 0 Å². The van der Waals surface area contributed by atoms with Crippen molar-refractivity contribution in [2.45, 2.75) is 17.6 Å². The topological polar surface area (TPSA) is 79.5 Å². The van der Waals surface area contributed by atoms with Gasteiger partial charge in [-0.05, 0) is 18.1 Å². The summed E-state index contributed by atoms with van der Waals surface area (Å²) in [5, 5.41) is 10.1. The molecule has 23 heavy (non-hydrogen) atoms. The number of aliphatic hydroxyl groups is 1. The minimum absolute atomic E-state index is 0.148. The minimum atomic E-state index is -3.83. The predicted molar refractivity (Wildman–Crippen MR) is 87.6 cm³/mol. The van der Waals surface area contributed by atoms with E-state index in [1.165, 1.54) is 6.07 Å². The van der Waals surface area contributed by atoms with Crippen molar-refractivity contribution < 1.29 is 17.9 Å².